The molecular weight excluding hydrogens is 711 g/mol. The molecule has 0 atom stereocenters. The molecule has 0 radical (unpaired) electrons. The summed E-state index contributed by atoms with van der Waals surface area (Å²) in [7, 11) is 0. The molecule has 0 unspecified atom stereocenters. The maximum Gasteiger partial charge on any atom is 1.00 e. The number of hydrogen-bond acceptors (Lipinski definition) is 14. The van der Waals surface area contributed by atoms with Crippen molar-refractivity contribution in [3.63, 3.8) is 0 Å². The van der Waals surface area contributed by atoms with Crippen LogP contribution in [0.2, 0.25) is 0 Å². The number of para-hydroxylation sites is 2. The number of phenolic OH excluding ortho intramolecular Hbond substituents is 2. The molecule has 0 saturated carbocycles. The van der Waals surface area contributed by atoms with Crippen LogP contribution in [0.4, 0.5) is 34.1 Å². The molecule has 0 fully saturated rings. The normalized spacial score (nSPS) is 10.7. The molecule has 6 rings (SSSR count). The average Bonchev–Trinajstić information content (AvgIpc) is 3.56. The summed E-state index contributed by atoms with van der Waals surface area (Å²) in [6.07, 6.45) is 0. The zero-order chi connectivity index (χ0) is 35.9. The summed E-state index contributed by atoms with van der Waals surface area (Å²) in [4.78, 5) is 45.1. The Balaban J connectivity index is 0.000000270. The minimum atomic E-state index is -0.634. The number of azo groups is 2. The molecule has 258 valence electrons. The van der Waals surface area contributed by atoms with Gasteiger partial charge in [0, 0.05) is 35.6 Å². The molecule has 4 aromatic carbocycles. The second-order valence-electron chi connectivity index (χ2n) is 10.2. The van der Waals surface area contributed by atoms with Crippen LogP contribution in [-0.2, 0) is 17.4 Å². The third-order valence-corrected chi connectivity index (χ3v) is 6.83. The number of aryl methyl sites for hydroxylation is 2. The Morgan fingerprint density at radius 2 is 1.06 bits per heavy atom. The van der Waals surface area contributed by atoms with Crippen molar-refractivity contribution in [1.29, 1.82) is 0 Å². The maximum atomic E-state index is 12.4. The van der Waals surface area contributed by atoms with E-state index in [1.54, 1.807) is 62.4 Å². The third-order valence-electron chi connectivity index (χ3n) is 6.83. The van der Waals surface area contributed by atoms with Crippen LogP contribution in [0.1, 0.15) is 11.4 Å². The van der Waals surface area contributed by atoms with Crippen molar-refractivity contribution in [3.8, 4) is 22.9 Å². The molecule has 0 aliphatic rings. The fraction of sp³-hybridized carbons (Fsp3) is 0.0625. The summed E-state index contributed by atoms with van der Waals surface area (Å²) in [6, 6.07) is 24.4. The zero-order valence-electron chi connectivity index (χ0n) is 27.5. The number of nitro groups is 2. The van der Waals surface area contributed by atoms with Gasteiger partial charge in [0.05, 0.1) is 27.3 Å². The van der Waals surface area contributed by atoms with Gasteiger partial charge in [-0.1, -0.05) is 61.6 Å². The summed E-state index contributed by atoms with van der Waals surface area (Å²) >= 11 is 0. The van der Waals surface area contributed by atoms with E-state index in [-0.39, 0.29) is 76.1 Å². The Morgan fingerprint density at radius 3 is 1.50 bits per heavy atom. The minimum absolute atomic E-state index is 0. The molecule has 20 heteroatoms. The van der Waals surface area contributed by atoms with Crippen LogP contribution >= 0.6 is 0 Å². The van der Waals surface area contributed by atoms with E-state index in [1.807, 2.05) is 12.1 Å². The van der Waals surface area contributed by atoms with E-state index in [1.165, 1.54) is 21.5 Å². The predicted molar refractivity (Wildman–Crippen MR) is 178 cm³/mol. The van der Waals surface area contributed by atoms with E-state index in [0.29, 0.717) is 22.8 Å². The molecule has 0 spiro atoms. The Morgan fingerprint density at radius 1 is 0.635 bits per heavy atom. The molecule has 2 N–H and O–H groups in total. The van der Waals surface area contributed by atoms with Crippen molar-refractivity contribution in [1.82, 2.24) is 19.6 Å². The van der Waals surface area contributed by atoms with Gasteiger partial charge >= 0.3 is 18.9 Å². The monoisotopic (exact) mass is 735 g/mol. The number of non-ortho nitro benzene ring substituents is 2. The van der Waals surface area contributed by atoms with E-state index in [0.717, 1.165) is 24.3 Å². The van der Waals surface area contributed by atoms with Gasteiger partial charge in [0.15, 0.2) is 0 Å². The molecule has 2 aromatic heterocycles. The molecule has 0 saturated heterocycles. The first kappa shape index (κ1) is 40.1. The summed E-state index contributed by atoms with van der Waals surface area (Å²) < 4.78 is 2.40. The van der Waals surface area contributed by atoms with E-state index in [2.05, 4.69) is 30.7 Å². The summed E-state index contributed by atoms with van der Waals surface area (Å²) in [5.41, 5.74) is 0.381. The fourth-order valence-corrected chi connectivity index (χ4v) is 4.34. The van der Waals surface area contributed by atoms with Crippen molar-refractivity contribution in [2.45, 2.75) is 13.8 Å². The van der Waals surface area contributed by atoms with Crippen LogP contribution in [0.25, 0.3) is 11.4 Å². The number of nitro benzene ring substituents is 2. The molecule has 18 nitrogen and oxygen atoms in total. The molecule has 0 aliphatic heterocycles. The van der Waals surface area contributed by atoms with E-state index in [9.17, 15) is 40.0 Å². The van der Waals surface area contributed by atoms with Crippen LogP contribution < -0.4 is 30.0 Å². The van der Waals surface area contributed by atoms with Crippen molar-refractivity contribution in [2.24, 2.45) is 20.5 Å². The summed E-state index contributed by atoms with van der Waals surface area (Å²) in [5.74, 6) is -0.687. The Bertz CT molecular complexity index is 2390. The standard InChI is InChI=1S/2C16H12N5O4.Cr.Li/c1-10-15(16(23)20(19-10)11-5-3-2-4-6-11)18-17-13-9-12(21(24)25)7-8-14(13)22;1-10-15(16(23)20(19-10)11-5-3-2-4-6-11)18-17-13-8-7-12(21(24)25)9-14(13)22;;/h2*2-9,22H,1H3;;/q2*-1;;+1. The van der Waals surface area contributed by atoms with Crippen molar-refractivity contribution in [2.75, 3.05) is 0 Å². The molecule has 0 amide bonds. The fourth-order valence-electron chi connectivity index (χ4n) is 4.34. The first-order chi connectivity index (χ1) is 23.9. The Kier molecular flexibility index (Phi) is 13.5. The second kappa shape index (κ2) is 17.5. The number of benzene rings is 4. The van der Waals surface area contributed by atoms with Gasteiger partial charge in [-0.15, -0.1) is 11.4 Å². The van der Waals surface area contributed by atoms with Crippen LogP contribution in [0.5, 0.6) is 11.5 Å². The van der Waals surface area contributed by atoms with Crippen molar-refractivity contribution >= 4 is 34.1 Å². The molecule has 52 heavy (non-hydrogen) atoms. The van der Waals surface area contributed by atoms with Gasteiger partial charge < -0.3 is 30.0 Å². The second-order valence-corrected chi connectivity index (χ2v) is 10.2. The molecule has 0 bridgehead atoms. The zero-order valence-corrected chi connectivity index (χ0v) is 28.7. The van der Waals surface area contributed by atoms with Crippen LogP contribution in [0, 0.1) is 34.1 Å². The molecule has 0 aliphatic carbocycles. The third kappa shape index (κ3) is 9.04. The van der Waals surface area contributed by atoms with Gasteiger partial charge in [-0.25, -0.2) is 19.6 Å². The number of phenols is 2. The maximum absolute atomic E-state index is 12.4. The molecule has 2 heterocycles. The van der Waals surface area contributed by atoms with Gasteiger partial charge in [0.25, 0.3) is 11.4 Å². The van der Waals surface area contributed by atoms with E-state index < -0.39 is 26.7 Å². The van der Waals surface area contributed by atoms with E-state index in [4.69, 9.17) is 0 Å². The van der Waals surface area contributed by atoms with Gasteiger partial charge in [0.2, 0.25) is 0 Å². The van der Waals surface area contributed by atoms with Crippen LogP contribution in [0.15, 0.2) is 127 Å². The first-order valence-electron chi connectivity index (χ1n) is 14.4. The SMILES string of the molecule is Cc1nn(-c2ccccc2)c(=O)[c-]1N=Nc1cc([N+](=O)[O-])ccc1O.Cc1nn(-c2ccccc2)c(=O)[c-]1N=Nc1ccc([N+](=O)[O-])cc1O.[Cr].[Li+]. The average molecular weight is 736 g/mol. The van der Waals surface area contributed by atoms with Crippen LogP contribution in [-0.4, -0.2) is 39.6 Å². The van der Waals surface area contributed by atoms with Gasteiger partial charge in [0.1, 0.15) is 34.0 Å². The topological polar surface area (TPSA) is 246 Å². The first-order valence-corrected chi connectivity index (χ1v) is 14.4. The molecular formula is C32H24CrLiN10O8-. The Hall–Kier alpha value is -6.37. The smallest absolute Gasteiger partial charge is 0.506 e. The number of hydrogen-bond donors (Lipinski definition) is 2. The number of rotatable bonds is 8. The largest absolute Gasteiger partial charge is 1.00 e. The number of aromatic hydroxyl groups is 2. The quantitative estimate of drug-likeness (QED) is 0.0756. The number of aromatic nitrogens is 4. The molecule has 6 aromatic rings. The Labute approximate surface area is 315 Å². The van der Waals surface area contributed by atoms with Gasteiger partial charge in [-0.3, -0.25) is 20.2 Å². The van der Waals surface area contributed by atoms with Gasteiger partial charge in [-0.05, 0) is 36.4 Å². The van der Waals surface area contributed by atoms with E-state index >= 15 is 0 Å². The minimum Gasteiger partial charge on any atom is -0.506 e. The summed E-state index contributed by atoms with van der Waals surface area (Å²) in [6.45, 7) is 3.22. The summed E-state index contributed by atoms with van der Waals surface area (Å²) in [5, 5.41) is 64.5. The predicted octanol–water partition coefficient (Wildman–Crippen LogP) is 3.58. The number of nitrogens with zero attached hydrogens (tertiary/aromatic N) is 10. The van der Waals surface area contributed by atoms with Crippen molar-refractivity contribution in [3.05, 3.63) is 149 Å². The van der Waals surface area contributed by atoms with Crippen molar-refractivity contribution < 1.29 is 56.3 Å². The van der Waals surface area contributed by atoms with Gasteiger partial charge in [-0.2, -0.15) is 10.2 Å². The van der Waals surface area contributed by atoms with Crippen LogP contribution in [0.3, 0.4) is 0 Å².